The Morgan fingerprint density at radius 1 is 1.13 bits per heavy atom. The summed E-state index contributed by atoms with van der Waals surface area (Å²) >= 11 is 5.37. The molecule has 0 bridgehead atoms. The summed E-state index contributed by atoms with van der Waals surface area (Å²) < 4.78 is 7.60. The zero-order valence-corrected chi connectivity index (χ0v) is 18.7. The summed E-state index contributed by atoms with van der Waals surface area (Å²) in [6.07, 6.45) is 0. The van der Waals surface area contributed by atoms with E-state index in [2.05, 4.69) is 39.4 Å². The standard InChI is InChI=1S/C23H27N5O2S/c1-17-3-7-19(8-4-17)22-24-25-23(31)28(22)16-21(29)26(2)15-18-5-9-20(10-6-18)27-11-13-30-14-12-27/h3-10H,11-16H2,1-2H3,(H,25,31). The molecule has 31 heavy (non-hydrogen) atoms. The molecule has 7 nitrogen and oxygen atoms in total. The highest BCUT2D eigenvalue weighted by molar-refractivity contribution is 7.71. The van der Waals surface area contributed by atoms with Crippen molar-refractivity contribution >= 4 is 23.8 Å². The minimum absolute atomic E-state index is 0.0249. The number of hydrogen-bond donors (Lipinski definition) is 1. The fraction of sp³-hybridized carbons (Fsp3) is 0.348. The van der Waals surface area contributed by atoms with Crippen molar-refractivity contribution in [2.24, 2.45) is 0 Å². The number of morpholine rings is 1. The third kappa shape index (κ3) is 5.03. The van der Waals surface area contributed by atoms with E-state index in [1.165, 1.54) is 11.3 Å². The van der Waals surface area contributed by atoms with Gasteiger partial charge in [0.2, 0.25) is 5.91 Å². The van der Waals surface area contributed by atoms with Crippen LogP contribution in [0.4, 0.5) is 5.69 Å². The average Bonchev–Trinajstić information content (AvgIpc) is 3.15. The van der Waals surface area contributed by atoms with Gasteiger partial charge in [-0.05, 0) is 36.8 Å². The summed E-state index contributed by atoms with van der Waals surface area (Å²) in [5.74, 6) is 0.643. The average molecular weight is 438 g/mol. The molecule has 0 aliphatic carbocycles. The van der Waals surface area contributed by atoms with Gasteiger partial charge in [-0.25, -0.2) is 0 Å². The molecule has 0 saturated carbocycles. The fourth-order valence-corrected chi connectivity index (χ4v) is 3.84. The van der Waals surface area contributed by atoms with Crippen molar-refractivity contribution in [2.45, 2.75) is 20.0 Å². The summed E-state index contributed by atoms with van der Waals surface area (Å²) in [4.78, 5) is 16.9. The number of likely N-dealkylation sites (N-methyl/N-ethyl adjacent to an activating group) is 1. The molecule has 4 rings (SSSR count). The molecule has 2 heterocycles. The molecule has 1 saturated heterocycles. The number of aryl methyl sites for hydroxylation is 1. The fourth-order valence-electron chi connectivity index (χ4n) is 3.64. The number of nitrogens with one attached hydrogen (secondary N) is 1. The lowest BCUT2D eigenvalue weighted by Gasteiger charge is -2.29. The van der Waals surface area contributed by atoms with Gasteiger partial charge in [0.1, 0.15) is 6.54 Å². The van der Waals surface area contributed by atoms with Gasteiger partial charge in [0.15, 0.2) is 10.6 Å². The van der Waals surface area contributed by atoms with Crippen molar-refractivity contribution in [1.82, 2.24) is 19.7 Å². The number of anilines is 1. The Labute approximate surface area is 187 Å². The van der Waals surface area contributed by atoms with Crippen molar-refractivity contribution in [3.8, 4) is 11.4 Å². The van der Waals surface area contributed by atoms with Gasteiger partial charge in [0, 0.05) is 37.9 Å². The van der Waals surface area contributed by atoms with E-state index >= 15 is 0 Å². The van der Waals surface area contributed by atoms with Crippen LogP contribution in [0.15, 0.2) is 48.5 Å². The van der Waals surface area contributed by atoms with Gasteiger partial charge < -0.3 is 14.5 Å². The van der Waals surface area contributed by atoms with E-state index in [0.29, 0.717) is 17.1 Å². The van der Waals surface area contributed by atoms with Gasteiger partial charge in [0.05, 0.1) is 13.2 Å². The van der Waals surface area contributed by atoms with E-state index in [-0.39, 0.29) is 12.5 Å². The number of H-pyrrole nitrogens is 1. The first-order valence-electron chi connectivity index (χ1n) is 10.4. The van der Waals surface area contributed by atoms with Gasteiger partial charge in [-0.2, -0.15) is 5.10 Å². The van der Waals surface area contributed by atoms with Crippen LogP contribution in [0.5, 0.6) is 0 Å². The third-order valence-electron chi connectivity index (χ3n) is 5.52. The molecule has 3 aromatic rings. The SMILES string of the molecule is Cc1ccc(-c2n[nH]c(=S)n2CC(=O)N(C)Cc2ccc(N3CCOCC3)cc2)cc1. The molecule has 1 N–H and O–H groups in total. The van der Waals surface area contributed by atoms with Crippen LogP contribution in [0.1, 0.15) is 11.1 Å². The lowest BCUT2D eigenvalue weighted by atomic mass is 10.1. The molecule has 1 aliphatic heterocycles. The maximum Gasteiger partial charge on any atom is 0.242 e. The summed E-state index contributed by atoms with van der Waals surface area (Å²) in [7, 11) is 1.81. The summed E-state index contributed by atoms with van der Waals surface area (Å²) in [6.45, 7) is 6.06. The molecule has 0 unspecified atom stereocenters. The quantitative estimate of drug-likeness (QED) is 0.599. The Morgan fingerprint density at radius 2 is 1.81 bits per heavy atom. The topological polar surface area (TPSA) is 66.4 Å². The Bertz CT molecular complexity index is 1080. The molecule has 1 fully saturated rings. The number of carbonyl (C=O) groups excluding carboxylic acids is 1. The predicted molar refractivity (Wildman–Crippen MR) is 124 cm³/mol. The minimum atomic E-state index is -0.0249. The Hall–Kier alpha value is -2.97. The highest BCUT2D eigenvalue weighted by Crippen LogP contribution is 2.19. The monoisotopic (exact) mass is 437 g/mol. The van der Waals surface area contributed by atoms with E-state index in [0.717, 1.165) is 37.4 Å². The first-order chi connectivity index (χ1) is 15.0. The number of aromatic nitrogens is 3. The van der Waals surface area contributed by atoms with E-state index in [1.807, 2.05) is 38.2 Å². The van der Waals surface area contributed by atoms with Crippen LogP contribution in [-0.4, -0.2) is 58.9 Å². The summed E-state index contributed by atoms with van der Waals surface area (Å²) in [5, 5.41) is 7.14. The largest absolute Gasteiger partial charge is 0.378 e. The number of rotatable bonds is 6. The van der Waals surface area contributed by atoms with E-state index in [1.54, 1.807) is 9.47 Å². The first kappa shape index (κ1) is 21.3. The van der Waals surface area contributed by atoms with Crippen molar-refractivity contribution < 1.29 is 9.53 Å². The molecule has 0 radical (unpaired) electrons. The third-order valence-corrected chi connectivity index (χ3v) is 5.83. The van der Waals surface area contributed by atoms with E-state index in [9.17, 15) is 4.79 Å². The minimum Gasteiger partial charge on any atom is -0.378 e. The van der Waals surface area contributed by atoms with E-state index in [4.69, 9.17) is 17.0 Å². The molecule has 0 atom stereocenters. The number of ether oxygens (including phenoxy) is 1. The lowest BCUT2D eigenvalue weighted by molar-refractivity contribution is -0.131. The molecule has 2 aromatic carbocycles. The second-order valence-electron chi connectivity index (χ2n) is 7.82. The van der Waals surface area contributed by atoms with Gasteiger partial charge >= 0.3 is 0 Å². The second kappa shape index (κ2) is 9.45. The van der Waals surface area contributed by atoms with Gasteiger partial charge in [-0.15, -0.1) is 0 Å². The van der Waals surface area contributed by atoms with Crippen molar-refractivity contribution in [3.05, 3.63) is 64.4 Å². The molecule has 0 spiro atoms. The number of benzene rings is 2. The Balaban J connectivity index is 1.42. The smallest absolute Gasteiger partial charge is 0.242 e. The van der Waals surface area contributed by atoms with Crippen molar-refractivity contribution in [2.75, 3.05) is 38.3 Å². The number of carbonyl (C=O) groups is 1. The highest BCUT2D eigenvalue weighted by atomic mass is 32.1. The number of aromatic amines is 1. The van der Waals surface area contributed by atoms with Crippen LogP contribution in [-0.2, 0) is 22.6 Å². The predicted octanol–water partition coefficient (Wildman–Crippen LogP) is 3.41. The van der Waals surface area contributed by atoms with Crippen LogP contribution < -0.4 is 4.90 Å². The normalized spacial score (nSPS) is 13.9. The molecular weight excluding hydrogens is 410 g/mol. The molecule has 1 aromatic heterocycles. The molecular formula is C23H27N5O2S. The number of nitrogens with zero attached hydrogens (tertiary/aromatic N) is 4. The first-order valence-corrected chi connectivity index (χ1v) is 10.8. The zero-order valence-electron chi connectivity index (χ0n) is 17.9. The molecule has 162 valence electrons. The highest BCUT2D eigenvalue weighted by Gasteiger charge is 2.16. The lowest BCUT2D eigenvalue weighted by Crippen LogP contribution is -2.36. The van der Waals surface area contributed by atoms with E-state index < -0.39 is 0 Å². The molecule has 1 amide bonds. The maximum absolute atomic E-state index is 12.9. The van der Waals surface area contributed by atoms with Crippen LogP contribution in [0.25, 0.3) is 11.4 Å². The Morgan fingerprint density at radius 3 is 2.48 bits per heavy atom. The summed E-state index contributed by atoms with van der Waals surface area (Å²) in [6, 6.07) is 16.4. The van der Waals surface area contributed by atoms with Crippen LogP contribution in [0.2, 0.25) is 0 Å². The Kier molecular flexibility index (Phi) is 6.48. The maximum atomic E-state index is 12.9. The summed E-state index contributed by atoms with van der Waals surface area (Å²) in [5.41, 5.74) is 4.36. The molecule has 8 heteroatoms. The zero-order chi connectivity index (χ0) is 21.8. The van der Waals surface area contributed by atoms with Crippen molar-refractivity contribution in [3.63, 3.8) is 0 Å². The van der Waals surface area contributed by atoms with Crippen LogP contribution in [0.3, 0.4) is 0 Å². The van der Waals surface area contributed by atoms with Crippen LogP contribution in [0, 0.1) is 11.7 Å². The number of amides is 1. The van der Waals surface area contributed by atoms with Gasteiger partial charge in [-0.1, -0.05) is 42.0 Å². The van der Waals surface area contributed by atoms with Gasteiger partial charge in [0.25, 0.3) is 0 Å². The van der Waals surface area contributed by atoms with Crippen molar-refractivity contribution in [1.29, 1.82) is 0 Å². The van der Waals surface area contributed by atoms with Gasteiger partial charge in [-0.3, -0.25) is 14.5 Å². The van der Waals surface area contributed by atoms with Crippen LogP contribution >= 0.6 is 12.2 Å². The second-order valence-corrected chi connectivity index (χ2v) is 8.21. The molecule has 1 aliphatic rings. The number of hydrogen-bond acceptors (Lipinski definition) is 5.